The van der Waals surface area contributed by atoms with E-state index in [1.54, 1.807) is 7.11 Å². The van der Waals surface area contributed by atoms with E-state index in [0.717, 1.165) is 12.0 Å². The van der Waals surface area contributed by atoms with Crippen molar-refractivity contribution in [2.75, 3.05) is 19.0 Å². The quantitative estimate of drug-likeness (QED) is 0.664. The van der Waals surface area contributed by atoms with E-state index in [2.05, 4.69) is 52.1 Å². The number of carbonyl (C=O) groups excluding carboxylic acids is 1. The number of carbonyl (C=O) groups is 1. The minimum atomic E-state index is -0.221. The molecule has 2 aromatic rings. The highest BCUT2D eigenvalue weighted by atomic mass is 16.5. The summed E-state index contributed by atoms with van der Waals surface area (Å²) in [5.74, 6) is 1.09. The van der Waals surface area contributed by atoms with Crippen LogP contribution in [-0.2, 0) is 10.2 Å². The Kier molecular flexibility index (Phi) is 6.76. The zero-order valence-corrected chi connectivity index (χ0v) is 18.2. The molecule has 2 rings (SSSR count). The second-order valence-electron chi connectivity index (χ2n) is 9.19. The van der Waals surface area contributed by atoms with E-state index in [1.807, 2.05) is 37.3 Å². The summed E-state index contributed by atoms with van der Waals surface area (Å²) in [5, 5.41) is 2.84. The van der Waals surface area contributed by atoms with Crippen LogP contribution in [0.4, 0.5) is 5.69 Å². The van der Waals surface area contributed by atoms with Crippen LogP contribution >= 0.6 is 0 Å². The fraction of sp³-hybridized carbons (Fsp3) is 0.458. The first-order valence-electron chi connectivity index (χ1n) is 9.68. The van der Waals surface area contributed by atoms with Crippen LogP contribution in [0.3, 0.4) is 0 Å². The van der Waals surface area contributed by atoms with Crippen LogP contribution in [-0.4, -0.2) is 19.6 Å². The van der Waals surface area contributed by atoms with Gasteiger partial charge in [0.2, 0.25) is 0 Å². The third-order valence-corrected chi connectivity index (χ3v) is 4.61. The van der Waals surface area contributed by atoms with Gasteiger partial charge >= 0.3 is 0 Å². The number of benzene rings is 2. The highest BCUT2D eigenvalue weighted by molar-refractivity contribution is 5.93. The first kappa shape index (κ1) is 21.8. The lowest BCUT2D eigenvalue weighted by molar-refractivity contribution is -0.118. The highest BCUT2D eigenvalue weighted by Crippen LogP contribution is 2.36. The topological polar surface area (TPSA) is 47.6 Å². The van der Waals surface area contributed by atoms with Crippen LogP contribution in [0.15, 0.2) is 42.5 Å². The Hall–Kier alpha value is -2.49. The molecule has 152 valence electrons. The Bertz CT molecular complexity index is 802. The first-order chi connectivity index (χ1) is 13.0. The first-order valence-corrected chi connectivity index (χ1v) is 9.68. The molecule has 0 unspecified atom stereocenters. The number of rotatable bonds is 7. The number of ether oxygens (including phenoxy) is 2. The Morgan fingerprint density at radius 2 is 1.64 bits per heavy atom. The van der Waals surface area contributed by atoms with Crippen molar-refractivity contribution in [2.24, 2.45) is 5.41 Å². The molecular formula is C24H33NO3. The van der Waals surface area contributed by atoms with Crippen molar-refractivity contribution in [1.82, 2.24) is 0 Å². The van der Waals surface area contributed by atoms with E-state index in [4.69, 9.17) is 9.47 Å². The Morgan fingerprint density at radius 3 is 2.21 bits per heavy atom. The summed E-state index contributed by atoms with van der Waals surface area (Å²) in [5.41, 5.74) is 3.30. The standard InChI is InChI=1S/C24H33NO3/c1-17-8-13-21(27-7)20(14-17)25-22(26)15-28-19-11-9-18(10-12-19)24(5,6)16-23(2,3)4/h8-14H,15-16H2,1-7H3,(H,25,26). The molecule has 0 bridgehead atoms. The van der Waals surface area contributed by atoms with Gasteiger partial charge in [0, 0.05) is 0 Å². The number of aryl methyl sites for hydroxylation is 1. The second-order valence-corrected chi connectivity index (χ2v) is 9.19. The smallest absolute Gasteiger partial charge is 0.262 e. The molecule has 0 spiro atoms. The lowest BCUT2D eigenvalue weighted by Crippen LogP contribution is -2.24. The van der Waals surface area contributed by atoms with Gasteiger partial charge in [-0.1, -0.05) is 52.8 Å². The SMILES string of the molecule is COc1ccc(C)cc1NC(=O)COc1ccc(C(C)(C)CC(C)(C)C)cc1. The van der Waals surface area contributed by atoms with E-state index in [0.29, 0.717) is 17.2 Å². The predicted octanol–water partition coefficient (Wildman–Crippen LogP) is 5.73. The number of hydrogen-bond acceptors (Lipinski definition) is 3. The number of amides is 1. The molecule has 0 radical (unpaired) electrons. The van der Waals surface area contributed by atoms with Crippen molar-refractivity contribution >= 4 is 11.6 Å². The summed E-state index contributed by atoms with van der Waals surface area (Å²) in [6.07, 6.45) is 1.08. The predicted molar refractivity (Wildman–Crippen MR) is 115 cm³/mol. The summed E-state index contributed by atoms with van der Waals surface area (Å²) in [6.45, 7) is 13.2. The van der Waals surface area contributed by atoms with E-state index < -0.39 is 0 Å². The molecule has 4 heteroatoms. The summed E-state index contributed by atoms with van der Waals surface area (Å²) in [6, 6.07) is 13.7. The van der Waals surface area contributed by atoms with E-state index in [-0.39, 0.29) is 23.3 Å². The van der Waals surface area contributed by atoms with Gasteiger partial charge in [0.05, 0.1) is 12.8 Å². The van der Waals surface area contributed by atoms with Gasteiger partial charge < -0.3 is 14.8 Å². The molecule has 28 heavy (non-hydrogen) atoms. The molecule has 1 N–H and O–H groups in total. The summed E-state index contributed by atoms with van der Waals surface area (Å²) in [7, 11) is 1.58. The molecule has 0 aromatic heterocycles. The minimum absolute atomic E-state index is 0.0537. The normalized spacial score (nSPS) is 11.8. The monoisotopic (exact) mass is 383 g/mol. The lowest BCUT2D eigenvalue weighted by Gasteiger charge is -2.33. The molecular weight excluding hydrogens is 350 g/mol. The molecule has 0 heterocycles. The van der Waals surface area contributed by atoms with Crippen LogP contribution < -0.4 is 14.8 Å². The number of hydrogen-bond donors (Lipinski definition) is 1. The molecule has 4 nitrogen and oxygen atoms in total. The second kappa shape index (κ2) is 8.68. The maximum Gasteiger partial charge on any atom is 0.262 e. The fourth-order valence-corrected chi connectivity index (χ4v) is 3.68. The van der Waals surface area contributed by atoms with Gasteiger partial charge in [-0.15, -0.1) is 0 Å². The minimum Gasteiger partial charge on any atom is -0.495 e. The molecule has 1 amide bonds. The number of nitrogens with one attached hydrogen (secondary N) is 1. The molecule has 0 aliphatic rings. The molecule has 0 saturated heterocycles. The average molecular weight is 384 g/mol. The van der Waals surface area contributed by atoms with Crippen LogP contribution in [0.2, 0.25) is 0 Å². The van der Waals surface area contributed by atoms with Gasteiger partial charge in [-0.2, -0.15) is 0 Å². The molecule has 0 aliphatic carbocycles. The summed E-state index contributed by atoms with van der Waals surface area (Å²) < 4.78 is 10.9. The van der Waals surface area contributed by atoms with Gasteiger partial charge in [0.25, 0.3) is 5.91 Å². The van der Waals surface area contributed by atoms with Crippen molar-refractivity contribution in [3.8, 4) is 11.5 Å². The zero-order valence-electron chi connectivity index (χ0n) is 18.2. The number of anilines is 1. The largest absolute Gasteiger partial charge is 0.495 e. The van der Waals surface area contributed by atoms with Gasteiger partial charge in [0.15, 0.2) is 6.61 Å². The highest BCUT2D eigenvalue weighted by Gasteiger charge is 2.27. The van der Waals surface area contributed by atoms with Gasteiger partial charge in [-0.05, 0) is 59.6 Å². The maximum absolute atomic E-state index is 12.3. The van der Waals surface area contributed by atoms with Crippen molar-refractivity contribution in [3.05, 3.63) is 53.6 Å². The third-order valence-electron chi connectivity index (χ3n) is 4.61. The molecule has 0 fully saturated rings. The molecule has 2 aromatic carbocycles. The van der Waals surface area contributed by atoms with Gasteiger partial charge in [-0.25, -0.2) is 0 Å². The van der Waals surface area contributed by atoms with Gasteiger partial charge in [0.1, 0.15) is 11.5 Å². The maximum atomic E-state index is 12.3. The van der Waals surface area contributed by atoms with Crippen LogP contribution in [0, 0.1) is 12.3 Å². The van der Waals surface area contributed by atoms with Crippen molar-refractivity contribution in [2.45, 2.75) is 53.4 Å². The van der Waals surface area contributed by atoms with E-state index in [1.165, 1.54) is 5.56 Å². The average Bonchev–Trinajstić information content (AvgIpc) is 2.58. The molecule has 0 saturated carbocycles. The molecule has 0 aliphatic heterocycles. The van der Waals surface area contributed by atoms with Crippen molar-refractivity contribution in [1.29, 1.82) is 0 Å². The summed E-state index contributed by atoms with van der Waals surface area (Å²) in [4.78, 5) is 12.3. The number of methoxy groups -OCH3 is 1. The van der Waals surface area contributed by atoms with Crippen molar-refractivity contribution in [3.63, 3.8) is 0 Å². The van der Waals surface area contributed by atoms with E-state index in [9.17, 15) is 4.79 Å². The summed E-state index contributed by atoms with van der Waals surface area (Å²) >= 11 is 0. The van der Waals surface area contributed by atoms with Gasteiger partial charge in [-0.3, -0.25) is 4.79 Å². The Morgan fingerprint density at radius 1 is 1.00 bits per heavy atom. The van der Waals surface area contributed by atoms with Crippen molar-refractivity contribution < 1.29 is 14.3 Å². The van der Waals surface area contributed by atoms with E-state index >= 15 is 0 Å². The lowest BCUT2D eigenvalue weighted by atomic mass is 9.72. The Labute approximate surface area is 169 Å². The van der Waals surface area contributed by atoms with Crippen LogP contribution in [0.1, 0.15) is 52.2 Å². The van der Waals surface area contributed by atoms with Crippen LogP contribution in [0.5, 0.6) is 11.5 Å². The third kappa shape index (κ3) is 6.29. The Balaban J connectivity index is 1.96. The molecule has 0 atom stereocenters. The van der Waals surface area contributed by atoms with Crippen LogP contribution in [0.25, 0.3) is 0 Å². The zero-order chi connectivity index (χ0) is 20.9. The fourth-order valence-electron chi connectivity index (χ4n) is 3.68.